The summed E-state index contributed by atoms with van der Waals surface area (Å²) in [5.41, 5.74) is 3.03. The zero-order valence-electron chi connectivity index (χ0n) is 10.3. The van der Waals surface area contributed by atoms with Crippen molar-refractivity contribution in [1.29, 1.82) is 0 Å². The molecule has 0 unspecified atom stereocenters. The van der Waals surface area contributed by atoms with Gasteiger partial charge in [-0.25, -0.2) is 4.98 Å². The summed E-state index contributed by atoms with van der Waals surface area (Å²) in [6.07, 6.45) is 3.31. The number of pyridine rings is 1. The van der Waals surface area contributed by atoms with Crippen LogP contribution in [0.3, 0.4) is 0 Å². The highest BCUT2D eigenvalue weighted by Gasteiger charge is 2.07. The van der Waals surface area contributed by atoms with E-state index in [0.29, 0.717) is 11.5 Å². The van der Waals surface area contributed by atoms with Crippen LogP contribution in [0, 0.1) is 0 Å². The topological polar surface area (TPSA) is 68.0 Å². The second-order valence-electron chi connectivity index (χ2n) is 4.12. The van der Waals surface area contributed by atoms with E-state index in [9.17, 15) is 4.79 Å². The number of aromatic nitrogens is 2. The standard InChI is InChI=1S/C14H11N3O2/c1-9(18)16-11-4-2-10(3-5-11)14-17-12-6-7-15-8-13(12)19-14/h2-8H,1H3,(H,16,18). The fraction of sp³-hybridized carbons (Fsp3) is 0.0714. The maximum Gasteiger partial charge on any atom is 0.227 e. The van der Waals surface area contributed by atoms with Crippen molar-refractivity contribution in [2.75, 3.05) is 5.32 Å². The van der Waals surface area contributed by atoms with Crippen molar-refractivity contribution in [2.45, 2.75) is 6.92 Å². The number of oxazole rings is 1. The Hall–Kier alpha value is -2.69. The van der Waals surface area contributed by atoms with Crippen molar-refractivity contribution < 1.29 is 9.21 Å². The van der Waals surface area contributed by atoms with Gasteiger partial charge >= 0.3 is 0 Å². The third-order valence-corrected chi connectivity index (χ3v) is 2.64. The predicted molar refractivity (Wildman–Crippen MR) is 71.5 cm³/mol. The van der Waals surface area contributed by atoms with E-state index in [1.807, 2.05) is 24.3 Å². The van der Waals surface area contributed by atoms with Crippen LogP contribution in [-0.4, -0.2) is 15.9 Å². The summed E-state index contributed by atoms with van der Waals surface area (Å²) in [4.78, 5) is 19.3. The number of fused-ring (bicyclic) bond motifs is 1. The van der Waals surface area contributed by atoms with E-state index >= 15 is 0 Å². The van der Waals surface area contributed by atoms with E-state index in [4.69, 9.17) is 4.42 Å². The molecule has 0 saturated heterocycles. The molecule has 1 aromatic carbocycles. The largest absolute Gasteiger partial charge is 0.434 e. The number of nitrogens with one attached hydrogen (secondary N) is 1. The second-order valence-corrected chi connectivity index (χ2v) is 4.12. The monoisotopic (exact) mass is 253 g/mol. The number of nitrogens with zero attached hydrogens (tertiary/aromatic N) is 2. The van der Waals surface area contributed by atoms with Crippen LogP contribution < -0.4 is 5.32 Å². The molecular weight excluding hydrogens is 242 g/mol. The summed E-state index contributed by atoms with van der Waals surface area (Å²) in [5.74, 6) is 0.443. The summed E-state index contributed by atoms with van der Waals surface area (Å²) in [6, 6.07) is 9.12. The molecule has 0 atom stereocenters. The van der Waals surface area contributed by atoms with E-state index in [0.717, 1.165) is 16.8 Å². The Morgan fingerprint density at radius 1 is 1.21 bits per heavy atom. The molecule has 0 radical (unpaired) electrons. The van der Waals surface area contributed by atoms with Gasteiger partial charge in [-0.3, -0.25) is 9.78 Å². The van der Waals surface area contributed by atoms with Gasteiger partial charge in [0.2, 0.25) is 11.8 Å². The molecule has 2 heterocycles. The molecule has 2 aromatic heterocycles. The number of carbonyl (C=O) groups is 1. The van der Waals surface area contributed by atoms with Crippen LogP contribution >= 0.6 is 0 Å². The van der Waals surface area contributed by atoms with Gasteiger partial charge in [-0.15, -0.1) is 0 Å². The molecule has 19 heavy (non-hydrogen) atoms. The first kappa shape index (κ1) is 11.4. The molecule has 0 aliphatic carbocycles. The highest BCUT2D eigenvalue weighted by Crippen LogP contribution is 2.24. The molecule has 0 aliphatic heterocycles. The van der Waals surface area contributed by atoms with Crippen LogP contribution in [0.2, 0.25) is 0 Å². The minimum Gasteiger partial charge on any atom is -0.434 e. The third kappa shape index (κ3) is 2.30. The maximum absolute atomic E-state index is 10.9. The Labute approximate surface area is 109 Å². The van der Waals surface area contributed by atoms with Crippen LogP contribution in [-0.2, 0) is 4.79 Å². The second kappa shape index (κ2) is 4.53. The first-order valence-electron chi connectivity index (χ1n) is 5.81. The van der Waals surface area contributed by atoms with Gasteiger partial charge in [-0.05, 0) is 30.3 Å². The van der Waals surface area contributed by atoms with Crippen molar-refractivity contribution in [3.63, 3.8) is 0 Å². The number of benzene rings is 1. The molecule has 5 nitrogen and oxygen atoms in total. The van der Waals surface area contributed by atoms with Crippen LogP contribution in [0.1, 0.15) is 6.92 Å². The predicted octanol–water partition coefficient (Wildman–Crippen LogP) is 2.85. The Morgan fingerprint density at radius 2 is 2.00 bits per heavy atom. The zero-order chi connectivity index (χ0) is 13.2. The molecule has 0 aliphatic rings. The molecule has 0 fully saturated rings. The van der Waals surface area contributed by atoms with E-state index in [1.54, 1.807) is 18.5 Å². The highest BCUT2D eigenvalue weighted by molar-refractivity contribution is 5.88. The fourth-order valence-electron chi connectivity index (χ4n) is 1.80. The maximum atomic E-state index is 10.9. The number of carbonyl (C=O) groups excluding carboxylic acids is 1. The van der Waals surface area contributed by atoms with Gasteiger partial charge in [0.25, 0.3) is 0 Å². The lowest BCUT2D eigenvalue weighted by molar-refractivity contribution is -0.114. The summed E-state index contributed by atoms with van der Waals surface area (Å²) in [6.45, 7) is 1.47. The molecule has 0 saturated carbocycles. The van der Waals surface area contributed by atoms with Gasteiger partial charge in [0.15, 0.2) is 5.58 Å². The minimum atomic E-state index is -0.0966. The molecule has 3 rings (SSSR count). The molecule has 5 heteroatoms. The number of amides is 1. The van der Waals surface area contributed by atoms with Crippen molar-refractivity contribution >= 4 is 22.7 Å². The summed E-state index contributed by atoms with van der Waals surface area (Å²) in [7, 11) is 0. The molecule has 94 valence electrons. The summed E-state index contributed by atoms with van der Waals surface area (Å²) in [5, 5.41) is 2.71. The van der Waals surface area contributed by atoms with Gasteiger partial charge in [-0.2, -0.15) is 0 Å². The van der Waals surface area contributed by atoms with Gasteiger partial charge in [0, 0.05) is 24.4 Å². The minimum absolute atomic E-state index is 0.0966. The number of hydrogen-bond donors (Lipinski definition) is 1. The van der Waals surface area contributed by atoms with E-state index < -0.39 is 0 Å². The Morgan fingerprint density at radius 3 is 2.68 bits per heavy atom. The van der Waals surface area contributed by atoms with Gasteiger partial charge in [0.1, 0.15) is 5.52 Å². The average Bonchev–Trinajstić information content (AvgIpc) is 2.82. The highest BCUT2D eigenvalue weighted by atomic mass is 16.3. The summed E-state index contributed by atoms with van der Waals surface area (Å²) >= 11 is 0. The quantitative estimate of drug-likeness (QED) is 0.762. The van der Waals surface area contributed by atoms with Crippen LogP contribution in [0.25, 0.3) is 22.6 Å². The normalized spacial score (nSPS) is 10.6. The van der Waals surface area contributed by atoms with Crippen molar-refractivity contribution in [3.8, 4) is 11.5 Å². The average molecular weight is 253 g/mol. The molecular formula is C14H11N3O2. The number of rotatable bonds is 2. The Kier molecular flexibility index (Phi) is 2.72. The first-order chi connectivity index (χ1) is 9.22. The smallest absolute Gasteiger partial charge is 0.227 e. The summed E-state index contributed by atoms with van der Waals surface area (Å²) < 4.78 is 5.61. The zero-order valence-corrected chi connectivity index (χ0v) is 10.3. The van der Waals surface area contributed by atoms with Crippen molar-refractivity contribution in [3.05, 3.63) is 42.7 Å². The number of anilines is 1. The number of hydrogen-bond acceptors (Lipinski definition) is 4. The fourth-order valence-corrected chi connectivity index (χ4v) is 1.80. The lowest BCUT2D eigenvalue weighted by Crippen LogP contribution is -2.05. The van der Waals surface area contributed by atoms with E-state index in [2.05, 4.69) is 15.3 Å². The Bertz CT molecular complexity index is 699. The molecule has 1 N–H and O–H groups in total. The molecule has 1 amide bonds. The van der Waals surface area contributed by atoms with Gasteiger partial charge < -0.3 is 9.73 Å². The van der Waals surface area contributed by atoms with Crippen LogP contribution in [0.15, 0.2) is 47.1 Å². The lowest BCUT2D eigenvalue weighted by atomic mass is 10.2. The van der Waals surface area contributed by atoms with Crippen molar-refractivity contribution in [2.24, 2.45) is 0 Å². The first-order valence-corrected chi connectivity index (χ1v) is 5.81. The molecule has 3 aromatic rings. The van der Waals surface area contributed by atoms with Crippen molar-refractivity contribution in [1.82, 2.24) is 9.97 Å². The molecule has 0 bridgehead atoms. The van der Waals surface area contributed by atoms with Crippen LogP contribution in [0.4, 0.5) is 5.69 Å². The Balaban J connectivity index is 1.95. The van der Waals surface area contributed by atoms with E-state index in [-0.39, 0.29) is 5.91 Å². The lowest BCUT2D eigenvalue weighted by Gasteiger charge is -2.01. The third-order valence-electron chi connectivity index (χ3n) is 2.64. The van der Waals surface area contributed by atoms with Gasteiger partial charge in [-0.1, -0.05) is 0 Å². The van der Waals surface area contributed by atoms with Crippen LogP contribution in [0.5, 0.6) is 0 Å². The van der Waals surface area contributed by atoms with E-state index in [1.165, 1.54) is 6.92 Å². The van der Waals surface area contributed by atoms with Gasteiger partial charge in [0.05, 0.1) is 6.20 Å². The SMILES string of the molecule is CC(=O)Nc1ccc(-c2nc3ccncc3o2)cc1. The molecule has 0 spiro atoms.